The van der Waals surface area contributed by atoms with Crippen LogP contribution in [0.2, 0.25) is 0 Å². The van der Waals surface area contributed by atoms with E-state index in [0.717, 1.165) is 0 Å². The highest BCUT2D eigenvalue weighted by molar-refractivity contribution is 7.74. The largest absolute Gasteiger partial charge is 0.388 e. The number of hydrogen-bond donors (Lipinski definition) is 2. The number of aliphatic hydroxyl groups is 1. The van der Waals surface area contributed by atoms with Crippen LogP contribution in [-0.2, 0) is 20.3 Å². The number of aliphatic hydroxyl groups excluding tert-OH is 1. The molecule has 0 aromatic carbocycles. The summed E-state index contributed by atoms with van der Waals surface area (Å²) < 4.78 is 27.2. The highest BCUT2D eigenvalue weighted by Crippen LogP contribution is 1.89. The summed E-state index contributed by atoms with van der Waals surface area (Å²) in [6.45, 7) is 3.57. The number of rotatable bonds is 7. The highest BCUT2D eigenvalue weighted by atomic mass is 32.2. The topological polar surface area (TPSA) is 76.0 Å². The molecule has 6 heteroatoms. The van der Waals surface area contributed by atoms with Crippen LogP contribution in [-0.4, -0.2) is 39.8 Å². The van der Waals surface area contributed by atoms with Crippen molar-refractivity contribution in [1.82, 2.24) is 0 Å². The predicted octanol–water partition coefficient (Wildman–Crippen LogP) is -0.297. The Kier molecular flexibility index (Phi) is 7.22. The Morgan fingerprint density at radius 3 is 2.75 bits per heavy atom. The molecule has 0 bridgehead atoms. The van der Waals surface area contributed by atoms with Gasteiger partial charge in [0.1, 0.15) is 6.10 Å². The van der Waals surface area contributed by atoms with Crippen molar-refractivity contribution in [3.63, 3.8) is 0 Å². The van der Waals surface area contributed by atoms with Crippen LogP contribution in [0, 0.1) is 0 Å². The van der Waals surface area contributed by atoms with Crippen molar-refractivity contribution in [2.45, 2.75) is 6.10 Å². The standard InChI is InChI=1S/C6H12O5S/c1-2-3-10-4-6(7)5-11-12(8)9/h2,6-7H,1,3-5H2,(H,8,9). The normalized spacial score (nSPS) is 15.5. The molecule has 2 atom stereocenters. The summed E-state index contributed by atoms with van der Waals surface area (Å²) in [7, 11) is 0. The minimum atomic E-state index is -2.33. The van der Waals surface area contributed by atoms with E-state index in [1.807, 2.05) is 0 Å². The van der Waals surface area contributed by atoms with Crippen molar-refractivity contribution in [2.75, 3.05) is 19.8 Å². The fraction of sp³-hybridized carbons (Fsp3) is 0.667. The molecule has 0 saturated heterocycles. The summed E-state index contributed by atoms with van der Waals surface area (Å²) in [6.07, 6.45) is 0.652. The molecule has 5 nitrogen and oxygen atoms in total. The van der Waals surface area contributed by atoms with Crippen molar-refractivity contribution in [3.8, 4) is 0 Å². The van der Waals surface area contributed by atoms with Crippen molar-refractivity contribution in [3.05, 3.63) is 12.7 Å². The van der Waals surface area contributed by atoms with E-state index in [2.05, 4.69) is 10.8 Å². The maximum atomic E-state index is 9.95. The quantitative estimate of drug-likeness (QED) is 0.332. The molecule has 0 heterocycles. The predicted molar refractivity (Wildman–Crippen MR) is 43.7 cm³/mol. The van der Waals surface area contributed by atoms with Crippen LogP contribution in [0.25, 0.3) is 0 Å². The minimum Gasteiger partial charge on any atom is -0.388 e. The van der Waals surface area contributed by atoms with Gasteiger partial charge in [0.25, 0.3) is 0 Å². The van der Waals surface area contributed by atoms with E-state index in [1.54, 1.807) is 0 Å². The molecule has 12 heavy (non-hydrogen) atoms. The first-order chi connectivity index (χ1) is 5.66. The summed E-state index contributed by atoms with van der Waals surface area (Å²) in [5.41, 5.74) is 0. The van der Waals surface area contributed by atoms with Crippen molar-refractivity contribution < 1.29 is 22.8 Å². The summed E-state index contributed by atoms with van der Waals surface area (Å²) in [6, 6.07) is 0. The molecule has 0 aliphatic heterocycles. The summed E-state index contributed by atoms with van der Waals surface area (Å²) in [4.78, 5) is 0. The molecule has 72 valence electrons. The molecule has 0 aliphatic carbocycles. The Labute approximate surface area is 73.5 Å². The van der Waals surface area contributed by atoms with Gasteiger partial charge < -0.3 is 9.84 Å². The highest BCUT2D eigenvalue weighted by Gasteiger charge is 2.05. The van der Waals surface area contributed by atoms with Gasteiger partial charge in [-0.05, 0) is 0 Å². The van der Waals surface area contributed by atoms with Gasteiger partial charge in [-0.15, -0.1) is 6.58 Å². The van der Waals surface area contributed by atoms with Crippen molar-refractivity contribution in [2.24, 2.45) is 0 Å². The molecule has 0 rings (SSSR count). The lowest BCUT2D eigenvalue weighted by Gasteiger charge is -2.08. The van der Waals surface area contributed by atoms with Gasteiger partial charge in [0.05, 0.1) is 19.8 Å². The monoisotopic (exact) mass is 196 g/mol. The Balaban J connectivity index is 3.26. The van der Waals surface area contributed by atoms with Gasteiger partial charge in [0, 0.05) is 0 Å². The van der Waals surface area contributed by atoms with Crippen LogP contribution in [0.1, 0.15) is 0 Å². The molecular weight excluding hydrogens is 184 g/mol. The second-order valence-electron chi connectivity index (χ2n) is 1.98. The van der Waals surface area contributed by atoms with Crippen LogP contribution >= 0.6 is 0 Å². The first kappa shape index (κ1) is 11.7. The van der Waals surface area contributed by atoms with Gasteiger partial charge in [0.2, 0.25) is 0 Å². The lowest BCUT2D eigenvalue weighted by atomic mass is 10.4. The van der Waals surface area contributed by atoms with E-state index in [4.69, 9.17) is 14.4 Å². The molecule has 0 fully saturated rings. The average molecular weight is 196 g/mol. The number of ether oxygens (including phenoxy) is 1. The van der Waals surface area contributed by atoms with Crippen LogP contribution in [0.15, 0.2) is 12.7 Å². The average Bonchev–Trinajstić information content (AvgIpc) is 2.01. The Bertz CT molecular complexity index is 149. The second-order valence-corrected chi connectivity index (χ2v) is 2.65. The van der Waals surface area contributed by atoms with Gasteiger partial charge in [-0.25, -0.2) is 0 Å². The van der Waals surface area contributed by atoms with E-state index in [0.29, 0.717) is 6.61 Å². The molecule has 0 radical (unpaired) electrons. The Hall–Kier alpha value is -0.270. The van der Waals surface area contributed by atoms with Gasteiger partial charge in [-0.2, -0.15) is 4.21 Å². The molecule has 2 unspecified atom stereocenters. The SMILES string of the molecule is C=CCOCC(O)COS(=O)O. The molecular formula is C6H12O5S. The smallest absolute Gasteiger partial charge is 0.301 e. The summed E-state index contributed by atoms with van der Waals surface area (Å²) in [5, 5.41) is 8.99. The maximum absolute atomic E-state index is 9.95. The number of hydrogen-bond acceptors (Lipinski definition) is 4. The van der Waals surface area contributed by atoms with Crippen LogP contribution < -0.4 is 0 Å². The second kappa shape index (κ2) is 7.38. The minimum absolute atomic E-state index is 0.0587. The van der Waals surface area contributed by atoms with Crippen molar-refractivity contribution >= 4 is 11.4 Å². The van der Waals surface area contributed by atoms with Gasteiger partial charge >= 0.3 is 11.4 Å². The van der Waals surface area contributed by atoms with E-state index >= 15 is 0 Å². The molecule has 0 spiro atoms. The zero-order chi connectivity index (χ0) is 9.40. The third kappa shape index (κ3) is 7.83. The Morgan fingerprint density at radius 1 is 1.58 bits per heavy atom. The zero-order valence-corrected chi connectivity index (χ0v) is 7.33. The molecule has 0 aromatic heterocycles. The maximum Gasteiger partial charge on any atom is 0.301 e. The van der Waals surface area contributed by atoms with E-state index in [9.17, 15) is 4.21 Å². The molecule has 2 N–H and O–H groups in total. The third-order valence-electron chi connectivity index (χ3n) is 0.907. The summed E-state index contributed by atoms with van der Waals surface area (Å²) >= 11 is -2.33. The van der Waals surface area contributed by atoms with Crippen LogP contribution in [0.4, 0.5) is 0 Å². The fourth-order valence-corrected chi connectivity index (χ4v) is 0.746. The van der Waals surface area contributed by atoms with E-state index in [-0.39, 0.29) is 13.2 Å². The molecule has 0 aliphatic rings. The van der Waals surface area contributed by atoms with E-state index in [1.165, 1.54) is 6.08 Å². The van der Waals surface area contributed by atoms with Crippen molar-refractivity contribution in [1.29, 1.82) is 0 Å². The Morgan fingerprint density at radius 2 is 2.25 bits per heavy atom. The third-order valence-corrected chi connectivity index (χ3v) is 1.24. The van der Waals surface area contributed by atoms with Gasteiger partial charge in [-0.1, -0.05) is 6.08 Å². The molecule has 0 saturated carbocycles. The lowest BCUT2D eigenvalue weighted by molar-refractivity contribution is 0.0225. The van der Waals surface area contributed by atoms with Gasteiger partial charge in [-0.3, -0.25) is 8.74 Å². The van der Waals surface area contributed by atoms with Gasteiger partial charge in [0.15, 0.2) is 0 Å². The van der Waals surface area contributed by atoms with Crippen LogP contribution in [0.3, 0.4) is 0 Å². The first-order valence-electron chi connectivity index (χ1n) is 3.27. The van der Waals surface area contributed by atoms with E-state index < -0.39 is 17.5 Å². The molecule has 0 amide bonds. The van der Waals surface area contributed by atoms with Crippen LogP contribution in [0.5, 0.6) is 0 Å². The first-order valence-corrected chi connectivity index (χ1v) is 4.30. The lowest BCUT2D eigenvalue weighted by Crippen LogP contribution is -2.22. The summed E-state index contributed by atoms with van der Waals surface area (Å²) in [5.74, 6) is 0. The fourth-order valence-electron chi connectivity index (χ4n) is 0.472. The molecule has 0 aromatic rings. The zero-order valence-electron chi connectivity index (χ0n) is 6.51.